The molecule has 1 aromatic heterocycles. The third-order valence-corrected chi connectivity index (χ3v) is 3.98. The molecule has 1 unspecified atom stereocenters. The number of aryl methyl sites for hydroxylation is 2. The van der Waals surface area contributed by atoms with Crippen molar-refractivity contribution in [2.45, 2.75) is 52.6 Å². The standard InChI is InChI=1S/C15H27N3O/c1-4-10-19-14-6-5-8-18(11-14)9-7-15-12(2)16-17-13(15)3/h14H,4-11H2,1-3H3,(H,16,17). The zero-order valence-corrected chi connectivity index (χ0v) is 12.5. The van der Waals surface area contributed by atoms with Crippen molar-refractivity contribution in [3.63, 3.8) is 0 Å². The Kier molecular flexibility index (Phi) is 5.40. The molecule has 0 bridgehead atoms. The van der Waals surface area contributed by atoms with E-state index in [0.717, 1.165) is 38.2 Å². The van der Waals surface area contributed by atoms with Crippen LogP contribution in [0.3, 0.4) is 0 Å². The van der Waals surface area contributed by atoms with E-state index in [2.05, 4.69) is 35.9 Å². The van der Waals surface area contributed by atoms with Crippen molar-refractivity contribution < 1.29 is 4.74 Å². The van der Waals surface area contributed by atoms with Crippen LogP contribution in [0.5, 0.6) is 0 Å². The Morgan fingerprint density at radius 3 is 2.95 bits per heavy atom. The van der Waals surface area contributed by atoms with Crippen molar-refractivity contribution in [1.29, 1.82) is 0 Å². The van der Waals surface area contributed by atoms with E-state index in [4.69, 9.17) is 4.74 Å². The van der Waals surface area contributed by atoms with Crippen LogP contribution in [0.25, 0.3) is 0 Å². The molecule has 0 amide bonds. The number of H-pyrrole nitrogens is 1. The average molecular weight is 265 g/mol. The number of piperidine rings is 1. The first-order valence-electron chi connectivity index (χ1n) is 7.55. The van der Waals surface area contributed by atoms with Crippen molar-refractivity contribution in [2.75, 3.05) is 26.2 Å². The first kappa shape index (κ1) is 14.5. The minimum atomic E-state index is 0.445. The van der Waals surface area contributed by atoms with Crippen molar-refractivity contribution >= 4 is 0 Å². The van der Waals surface area contributed by atoms with Gasteiger partial charge in [0.2, 0.25) is 0 Å². The fraction of sp³-hybridized carbons (Fsp3) is 0.800. The number of aromatic nitrogens is 2. The lowest BCUT2D eigenvalue weighted by Gasteiger charge is -2.32. The number of hydrogen-bond donors (Lipinski definition) is 1. The molecular weight excluding hydrogens is 238 g/mol. The van der Waals surface area contributed by atoms with Crippen molar-refractivity contribution in [3.8, 4) is 0 Å². The Hall–Kier alpha value is -0.870. The molecule has 1 aliphatic rings. The summed E-state index contributed by atoms with van der Waals surface area (Å²) in [5.41, 5.74) is 3.75. The molecule has 19 heavy (non-hydrogen) atoms. The quantitative estimate of drug-likeness (QED) is 0.859. The Labute approximate surface area is 116 Å². The van der Waals surface area contributed by atoms with Crippen LogP contribution in [-0.4, -0.2) is 47.4 Å². The zero-order valence-electron chi connectivity index (χ0n) is 12.5. The summed E-state index contributed by atoms with van der Waals surface area (Å²) in [4.78, 5) is 2.54. The number of aromatic amines is 1. The highest BCUT2D eigenvalue weighted by molar-refractivity contribution is 5.23. The molecule has 1 atom stereocenters. The Morgan fingerprint density at radius 1 is 1.42 bits per heavy atom. The van der Waals surface area contributed by atoms with E-state index in [0.29, 0.717) is 6.10 Å². The molecule has 4 nitrogen and oxygen atoms in total. The summed E-state index contributed by atoms with van der Waals surface area (Å²) in [5, 5.41) is 7.34. The smallest absolute Gasteiger partial charge is 0.0702 e. The molecule has 1 aliphatic heterocycles. The highest BCUT2D eigenvalue weighted by Gasteiger charge is 2.20. The van der Waals surface area contributed by atoms with Gasteiger partial charge in [0.25, 0.3) is 0 Å². The molecule has 0 aliphatic carbocycles. The monoisotopic (exact) mass is 265 g/mol. The van der Waals surface area contributed by atoms with E-state index in [1.165, 1.54) is 30.6 Å². The summed E-state index contributed by atoms with van der Waals surface area (Å²) in [7, 11) is 0. The van der Waals surface area contributed by atoms with Crippen LogP contribution in [0.2, 0.25) is 0 Å². The Morgan fingerprint density at radius 2 is 2.26 bits per heavy atom. The van der Waals surface area contributed by atoms with Crippen molar-refractivity contribution in [1.82, 2.24) is 15.1 Å². The largest absolute Gasteiger partial charge is 0.377 e. The topological polar surface area (TPSA) is 41.1 Å². The number of hydrogen-bond acceptors (Lipinski definition) is 3. The molecule has 2 rings (SSSR count). The van der Waals surface area contributed by atoms with Gasteiger partial charge in [0.1, 0.15) is 0 Å². The number of rotatable bonds is 6. The minimum absolute atomic E-state index is 0.445. The Bertz CT molecular complexity index is 369. The normalized spacial score (nSPS) is 20.9. The second kappa shape index (κ2) is 7.06. The van der Waals surface area contributed by atoms with Gasteiger partial charge in [-0.3, -0.25) is 5.10 Å². The van der Waals surface area contributed by atoms with Crippen LogP contribution in [0.1, 0.15) is 43.1 Å². The predicted octanol–water partition coefficient (Wildman–Crippen LogP) is 2.46. The van der Waals surface area contributed by atoms with E-state index in [1.54, 1.807) is 0 Å². The summed E-state index contributed by atoms with van der Waals surface area (Å²) in [6, 6.07) is 0. The molecule has 1 saturated heterocycles. The van der Waals surface area contributed by atoms with Gasteiger partial charge in [0.15, 0.2) is 0 Å². The van der Waals surface area contributed by atoms with Gasteiger partial charge in [-0.05, 0) is 51.6 Å². The first-order valence-corrected chi connectivity index (χ1v) is 7.55. The van der Waals surface area contributed by atoms with E-state index >= 15 is 0 Å². The van der Waals surface area contributed by atoms with Crippen molar-refractivity contribution in [2.24, 2.45) is 0 Å². The minimum Gasteiger partial charge on any atom is -0.377 e. The van der Waals surface area contributed by atoms with E-state index in [-0.39, 0.29) is 0 Å². The molecule has 4 heteroatoms. The van der Waals surface area contributed by atoms with E-state index in [1.807, 2.05) is 0 Å². The zero-order chi connectivity index (χ0) is 13.7. The summed E-state index contributed by atoms with van der Waals surface area (Å²) in [6.07, 6.45) is 5.14. The SMILES string of the molecule is CCCOC1CCCN(CCc2c(C)n[nH]c2C)C1. The highest BCUT2D eigenvalue weighted by atomic mass is 16.5. The number of likely N-dealkylation sites (tertiary alicyclic amines) is 1. The van der Waals surface area contributed by atoms with Crippen LogP contribution >= 0.6 is 0 Å². The third kappa shape index (κ3) is 4.05. The second-order valence-electron chi connectivity index (χ2n) is 5.60. The van der Waals surface area contributed by atoms with Gasteiger partial charge in [-0.2, -0.15) is 5.10 Å². The fourth-order valence-electron chi connectivity index (χ4n) is 2.85. The summed E-state index contributed by atoms with van der Waals surface area (Å²) in [6.45, 7) is 10.7. The molecule has 1 fully saturated rings. The van der Waals surface area contributed by atoms with Gasteiger partial charge in [-0.15, -0.1) is 0 Å². The maximum absolute atomic E-state index is 5.89. The lowest BCUT2D eigenvalue weighted by atomic mass is 10.1. The molecule has 108 valence electrons. The van der Waals surface area contributed by atoms with Crippen LogP contribution in [-0.2, 0) is 11.2 Å². The van der Waals surface area contributed by atoms with Gasteiger partial charge < -0.3 is 9.64 Å². The van der Waals surface area contributed by atoms with Gasteiger partial charge in [-0.25, -0.2) is 0 Å². The molecular formula is C15H27N3O. The number of ether oxygens (including phenoxy) is 1. The lowest BCUT2D eigenvalue weighted by Crippen LogP contribution is -2.40. The molecule has 2 heterocycles. The van der Waals surface area contributed by atoms with E-state index < -0.39 is 0 Å². The first-order chi connectivity index (χ1) is 9.20. The van der Waals surface area contributed by atoms with Gasteiger partial charge in [0, 0.05) is 25.4 Å². The summed E-state index contributed by atoms with van der Waals surface area (Å²) in [5.74, 6) is 0. The molecule has 0 spiro atoms. The molecule has 0 aromatic carbocycles. The van der Waals surface area contributed by atoms with E-state index in [9.17, 15) is 0 Å². The van der Waals surface area contributed by atoms with Gasteiger partial charge >= 0.3 is 0 Å². The lowest BCUT2D eigenvalue weighted by molar-refractivity contribution is 0.000313. The number of nitrogens with one attached hydrogen (secondary N) is 1. The fourth-order valence-corrected chi connectivity index (χ4v) is 2.85. The maximum atomic E-state index is 5.89. The molecule has 0 saturated carbocycles. The summed E-state index contributed by atoms with van der Waals surface area (Å²) < 4.78 is 5.89. The van der Waals surface area contributed by atoms with Gasteiger partial charge in [0.05, 0.1) is 11.8 Å². The van der Waals surface area contributed by atoms with Crippen LogP contribution in [0, 0.1) is 13.8 Å². The Balaban J connectivity index is 1.79. The predicted molar refractivity (Wildman–Crippen MR) is 77.5 cm³/mol. The van der Waals surface area contributed by atoms with Crippen LogP contribution < -0.4 is 0 Å². The molecule has 0 radical (unpaired) electrons. The summed E-state index contributed by atoms with van der Waals surface area (Å²) >= 11 is 0. The highest BCUT2D eigenvalue weighted by Crippen LogP contribution is 2.16. The molecule has 1 aromatic rings. The average Bonchev–Trinajstić information content (AvgIpc) is 2.74. The second-order valence-corrected chi connectivity index (χ2v) is 5.60. The maximum Gasteiger partial charge on any atom is 0.0702 e. The van der Waals surface area contributed by atoms with Crippen LogP contribution in [0.15, 0.2) is 0 Å². The van der Waals surface area contributed by atoms with Gasteiger partial charge in [-0.1, -0.05) is 6.92 Å². The molecule has 1 N–H and O–H groups in total. The third-order valence-electron chi connectivity index (χ3n) is 3.98. The van der Waals surface area contributed by atoms with Crippen molar-refractivity contribution in [3.05, 3.63) is 17.0 Å². The number of nitrogens with zero attached hydrogens (tertiary/aromatic N) is 2. The van der Waals surface area contributed by atoms with Crippen LogP contribution in [0.4, 0.5) is 0 Å².